The molecular formula is C21H21F2N3O3S. The fourth-order valence-electron chi connectivity index (χ4n) is 3.63. The van der Waals surface area contributed by atoms with Gasteiger partial charge in [-0.1, -0.05) is 23.9 Å². The normalized spacial score (nSPS) is 13.6. The molecule has 1 aliphatic heterocycles. The summed E-state index contributed by atoms with van der Waals surface area (Å²) in [5.74, 6) is 1.20. The second-order valence-electron chi connectivity index (χ2n) is 6.86. The fraction of sp³-hybridized carbons (Fsp3) is 0.333. The van der Waals surface area contributed by atoms with Gasteiger partial charge in [0.15, 0.2) is 16.7 Å². The fourth-order valence-corrected chi connectivity index (χ4v) is 4.54. The third-order valence-electron chi connectivity index (χ3n) is 5.15. The maximum atomic E-state index is 13.6. The molecule has 2 aromatic carbocycles. The summed E-state index contributed by atoms with van der Waals surface area (Å²) in [5, 5.41) is 0.142. The molecule has 30 heavy (non-hydrogen) atoms. The number of benzene rings is 2. The van der Waals surface area contributed by atoms with Gasteiger partial charge in [0.1, 0.15) is 0 Å². The molecule has 4 rings (SSSR count). The number of para-hydroxylation sites is 2. The number of rotatable bonds is 6. The molecule has 0 N–H and O–H groups in total. The molecule has 0 atom stereocenters. The Morgan fingerprint density at radius 1 is 1.17 bits per heavy atom. The van der Waals surface area contributed by atoms with Gasteiger partial charge in [0.25, 0.3) is 0 Å². The first-order chi connectivity index (χ1) is 14.5. The number of amides is 1. The van der Waals surface area contributed by atoms with Gasteiger partial charge in [-0.05, 0) is 41.8 Å². The summed E-state index contributed by atoms with van der Waals surface area (Å²) in [6, 6.07) is 10.6. The van der Waals surface area contributed by atoms with E-state index in [2.05, 4.69) is 4.98 Å². The largest absolute Gasteiger partial charge is 0.493 e. The number of thioether (sulfide) groups is 1. The number of fused-ring (bicyclic) bond motifs is 2. The van der Waals surface area contributed by atoms with Crippen molar-refractivity contribution < 1.29 is 23.0 Å². The first kappa shape index (κ1) is 20.5. The molecule has 0 spiro atoms. The Balaban J connectivity index is 1.48. The van der Waals surface area contributed by atoms with Crippen LogP contribution >= 0.6 is 11.8 Å². The predicted octanol–water partition coefficient (Wildman–Crippen LogP) is 4.13. The number of aromatic nitrogens is 2. The molecule has 3 aromatic rings. The summed E-state index contributed by atoms with van der Waals surface area (Å²) < 4.78 is 38.7. The van der Waals surface area contributed by atoms with Gasteiger partial charge in [0, 0.05) is 13.1 Å². The average molecular weight is 433 g/mol. The van der Waals surface area contributed by atoms with E-state index in [0.717, 1.165) is 27.5 Å². The first-order valence-electron chi connectivity index (χ1n) is 9.41. The minimum absolute atomic E-state index is 0.0403. The third kappa shape index (κ3) is 3.81. The maximum absolute atomic E-state index is 13.6. The summed E-state index contributed by atoms with van der Waals surface area (Å²) in [7, 11) is 3.16. The Labute approximate surface area is 176 Å². The van der Waals surface area contributed by atoms with Gasteiger partial charge in [0.05, 0.1) is 31.0 Å². The van der Waals surface area contributed by atoms with Gasteiger partial charge in [-0.25, -0.2) is 4.98 Å². The lowest BCUT2D eigenvalue weighted by Crippen LogP contribution is -2.37. The summed E-state index contributed by atoms with van der Waals surface area (Å²) >= 11 is 1.03. The number of ether oxygens (including phenoxy) is 2. The van der Waals surface area contributed by atoms with E-state index in [1.807, 2.05) is 12.1 Å². The molecular weight excluding hydrogens is 412 g/mol. The summed E-state index contributed by atoms with van der Waals surface area (Å²) in [6.45, 7) is -1.72. The molecule has 0 bridgehead atoms. The van der Waals surface area contributed by atoms with Crippen LogP contribution in [0.2, 0.25) is 0 Å². The molecule has 1 amide bonds. The molecule has 0 saturated carbocycles. The number of nitrogens with zero attached hydrogens (tertiary/aromatic N) is 3. The number of hydrogen-bond acceptors (Lipinski definition) is 5. The van der Waals surface area contributed by atoms with E-state index >= 15 is 0 Å². The highest BCUT2D eigenvalue weighted by atomic mass is 32.2. The highest BCUT2D eigenvalue weighted by Crippen LogP contribution is 2.34. The smallest absolute Gasteiger partial charge is 0.321 e. The molecule has 0 fully saturated rings. The van der Waals surface area contributed by atoms with Crippen molar-refractivity contribution in [3.63, 3.8) is 0 Å². The molecule has 1 aliphatic rings. The van der Waals surface area contributed by atoms with Gasteiger partial charge in [-0.15, -0.1) is 0 Å². The minimum atomic E-state index is -2.72. The molecule has 6 nitrogen and oxygen atoms in total. The van der Waals surface area contributed by atoms with Crippen molar-refractivity contribution in [2.75, 3.05) is 26.5 Å². The number of alkyl halides is 2. The van der Waals surface area contributed by atoms with Crippen molar-refractivity contribution in [1.82, 2.24) is 14.5 Å². The van der Waals surface area contributed by atoms with Gasteiger partial charge in [0.2, 0.25) is 5.91 Å². The Morgan fingerprint density at radius 3 is 2.57 bits per heavy atom. The molecule has 0 aliphatic carbocycles. The number of imidazole rings is 1. The van der Waals surface area contributed by atoms with E-state index in [1.54, 1.807) is 43.4 Å². The highest BCUT2D eigenvalue weighted by Gasteiger charge is 2.24. The van der Waals surface area contributed by atoms with E-state index < -0.39 is 6.55 Å². The zero-order chi connectivity index (χ0) is 21.3. The monoisotopic (exact) mass is 433 g/mol. The van der Waals surface area contributed by atoms with Gasteiger partial charge in [-0.2, -0.15) is 8.78 Å². The molecule has 9 heteroatoms. The van der Waals surface area contributed by atoms with Gasteiger partial charge < -0.3 is 14.4 Å². The van der Waals surface area contributed by atoms with Crippen LogP contribution in [-0.2, 0) is 17.8 Å². The Morgan fingerprint density at radius 2 is 1.87 bits per heavy atom. The van der Waals surface area contributed by atoms with Crippen molar-refractivity contribution in [2.45, 2.75) is 24.7 Å². The van der Waals surface area contributed by atoms with Crippen molar-refractivity contribution in [1.29, 1.82) is 0 Å². The Hall–Kier alpha value is -2.81. The van der Waals surface area contributed by atoms with Crippen LogP contribution in [-0.4, -0.2) is 46.9 Å². The van der Waals surface area contributed by atoms with E-state index in [0.29, 0.717) is 42.0 Å². The standard InChI is InChI=1S/C21H21F2N3O3S/c1-28-17-9-13-7-8-25(11-14(13)10-18(17)29-2)19(27)12-30-21-24-15-5-3-4-6-16(15)26(21)20(22)23/h3-6,9-10,20H,7-8,11-12H2,1-2H3. The number of carbonyl (C=O) groups excluding carboxylic acids is 1. The SMILES string of the molecule is COc1cc2c(cc1OC)CN(C(=O)CSc1nc3ccccc3n1C(F)F)CC2. The highest BCUT2D eigenvalue weighted by molar-refractivity contribution is 7.99. The van der Waals surface area contributed by atoms with Crippen molar-refractivity contribution >= 4 is 28.7 Å². The lowest BCUT2D eigenvalue weighted by Gasteiger charge is -2.29. The number of hydrogen-bond donors (Lipinski definition) is 0. The van der Waals surface area contributed by atoms with Crippen LogP contribution in [0.3, 0.4) is 0 Å². The minimum Gasteiger partial charge on any atom is -0.493 e. The van der Waals surface area contributed by atoms with Crippen LogP contribution in [0.4, 0.5) is 8.78 Å². The topological polar surface area (TPSA) is 56.6 Å². The van der Waals surface area contributed by atoms with E-state index in [9.17, 15) is 13.6 Å². The van der Waals surface area contributed by atoms with Crippen molar-refractivity contribution in [3.8, 4) is 11.5 Å². The van der Waals surface area contributed by atoms with Crippen LogP contribution in [0.15, 0.2) is 41.6 Å². The van der Waals surface area contributed by atoms with Crippen molar-refractivity contribution in [3.05, 3.63) is 47.5 Å². The second kappa shape index (κ2) is 8.51. The lowest BCUT2D eigenvalue weighted by atomic mass is 9.99. The number of carbonyl (C=O) groups is 1. The third-order valence-corrected chi connectivity index (χ3v) is 6.09. The number of methoxy groups -OCH3 is 2. The Bertz CT molecular complexity index is 1090. The molecule has 2 heterocycles. The average Bonchev–Trinajstić information content (AvgIpc) is 3.14. The van der Waals surface area contributed by atoms with E-state index in [-0.39, 0.29) is 16.8 Å². The second-order valence-corrected chi connectivity index (χ2v) is 7.80. The first-order valence-corrected chi connectivity index (χ1v) is 10.4. The summed E-state index contributed by atoms with van der Waals surface area (Å²) in [4.78, 5) is 18.8. The number of halogens is 2. The quantitative estimate of drug-likeness (QED) is 0.548. The summed E-state index contributed by atoms with van der Waals surface area (Å²) in [5.41, 5.74) is 2.96. The van der Waals surface area contributed by atoms with Gasteiger partial charge >= 0.3 is 6.55 Å². The molecule has 158 valence electrons. The molecule has 1 aromatic heterocycles. The summed E-state index contributed by atoms with van der Waals surface area (Å²) in [6.07, 6.45) is 0.696. The lowest BCUT2D eigenvalue weighted by molar-refractivity contribution is -0.129. The molecule has 0 radical (unpaired) electrons. The maximum Gasteiger partial charge on any atom is 0.321 e. The van der Waals surface area contributed by atoms with Crippen molar-refractivity contribution in [2.24, 2.45) is 0 Å². The predicted molar refractivity (Wildman–Crippen MR) is 110 cm³/mol. The van der Waals surface area contributed by atoms with Gasteiger partial charge in [-0.3, -0.25) is 9.36 Å². The van der Waals surface area contributed by atoms with E-state index in [1.165, 1.54) is 0 Å². The zero-order valence-electron chi connectivity index (χ0n) is 16.6. The zero-order valence-corrected chi connectivity index (χ0v) is 17.4. The van der Waals surface area contributed by atoms with E-state index in [4.69, 9.17) is 9.47 Å². The van der Waals surface area contributed by atoms with Crippen LogP contribution in [0.1, 0.15) is 17.7 Å². The Kier molecular flexibility index (Phi) is 5.80. The molecule has 0 saturated heterocycles. The van der Waals surface area contributed by atoms with Crippen LogP contribution in [0, 0.1) is 0 Å². The van der Waals surface area contributed by atoms with Crippen LogP contribution in [0.5, 0.6) is 11.5 Å². The van der Waals surface area contributed by atoms with Crippen LogP contribution in [0.25, 0.3) is 11.0 Å². The van der Waals surface area contributed by atoms with Crippen LogP contribution < -0.4 is 9.47 Å². The molecule has 0 unspecified atom stereocenters.